The molecular weight excluding hydrogens is 455 g/mol. The number of hydrogen-bond acceptors (Lipinski definition) is 4. The van der Waals surface area contributed by atoms with Gasteiger partial charge in [0.1, 0.15) is 12.2 Å². The number of carbonyl (C=O) groups is 2. The van der Waals surface area contributed by atoms with E-state index in [9.17, 15) is 9.59 Å². The van der Waals surface area contributed by atoms with Crippen LogP contribution in [0.2, 0.25) is 0 Å². The van der Waals surface area contributed by atoms with E-state index in [1.807, 2.05) is 0 Å². The lowest BCUT2D eigenvalue weighted by Crippen LogP contribution is -2.67. The van der Waals surface area contributed by atoms with E-state index >= 15 is 4.39 Å². The summed E-state index contributed by atoms with van der Waals surface area (Å²) < 4.78 is 28.6. The van der Waals surface area contributed by atoms with Crippen LogP contribution in [0.3, 0.4) is 0 Å². The molecule has 4 saturated carbocycles. The molecule has 4 aliphatic carbocycles. The third kappa shape index (κ3) is 4.75. The summed E-state index contributed by atoms with van der Waals surface area (Å²) in [5, 5.41) is 0. The Bertz CT molecular complexity index is 827. The van der Waals surface area contributed by atoms with Gasteiger partial charge in [0.2, 0.25) is 0 Å². The van der Waals surface area contributed by atoms with E-state index in [-0.39, 0.29) is 12.4 Å². The van der Waals surface area contributed by atoms with Crippen LogP contribution in [0.4, 0.5) is 4.39 Å². The number of ether oxygens (including phenoxy) is 2. The molecule has 0 aromatic carbocycles. The van der Waals surface area contributed by atoms with Gasteiger partial charge in [-0.2, -0.15) is 0 Å². The maximum absolute atomic E-state index is 17.3. The molecule has 0 N–H and O–H groups in total. The number of fused-ring (bicyclic) bond motifs is 5. The highest BCUT2D eigenvalue weighted by Gasteiger charge is 2.70. The van der Waals surface area contributed by atoms with Crippen LogP contribution >= 0.6 is 0 Å². The van der Waals surface area contributed by atoms with Crippen molar-refractivity contribution in [2.24, 2.45) is 46.3 Å². The van der Waals surface area contributed by atoms with E-state index in [1.54, 1.807) is 0 Å². The number of rotatable bonds is 7. The lowest BCUT2D eigenvalue weighted by atomic mass is 9.42. The van der Waals surface area contributed by atoms with Crippen molar-refractivity contribution in [3.8, 4) is 0 Å². The Balaban J connectivity index is 1.59. The summed E-state index contributed by atoms with van der Waals surface area (Å²) in [6.07, 6.45) is 9.56. The minimum Gasteiger partial charge on any atom is -0.462 e. The molecule has 10 atom stereocenters. The number of hydrogen-bond donors (Lipinski definition) is 0. The predicted molar refractivity (Wildman–Crippen MR) is 140 cm³/mol. The van der Waals surface area contributed by atoms with Crippen LogP contribution in [0.5, 0.6) is 0 Å². The fraction of sp³-hybridized carbons (Fsp3) is 0.935. The van der Waals surface area contributed by atoms with E-state index in [1.165, 1.54) is 52.4 Å². The maximum Gasteiger partial charge on any atom is 0.303 e. The smallest absolute Gasteiger partial charge is 0.303 e. The van der Waals surface area contributed by atoms with Gasteiger partial charge in [-0.15, -0.1) is 0 Å². The van der Waals surface area contributed by atoms with Crippen LogP contribution < -0.4 is 0 Å². The van der Waals surface area contributed by atoms with Gasteiger partial charge >= 0.3 is 11.9 Å². The third-order valence-electron chi connectivity index (χ3n) is 11.6. The molecule has 0 aliphatic heterocycles. The Kier molecular flexibility index (Phi) is 7.91. The van der Waals surface area contributed by atoms with Gasteiger partial charge in [0.25, 0.3) is 0 Å². The van der Waals surface area contributed by atoms with E-state index in [2.05, 4.69) is 34.6 Å². The normalized spacial score (nSPS) is 44.8. The lowest BCUT2D eigenvalue weighted by Gasteiger charge is -2.64. The summed E-state index contributed by atoms with van der Waals surface area (Å²) in [4.78, 5) is 23.8. The molecule has 0 unspecified atom stereocenters. The fourth-order valence-corrected chi connectivity index (χ4v) is 9.87. The molecule has 0 saturated heterocycles. The highest BCUT2D eigenvalue weighted by atomic mass is 19.1. The first kappa shape index (κ1) is 27.9. The van der Waals surface area contributed by atoms with E-state index in [0.29, 0.717) is 42.4 Å². The summed E-state index contributed by atoms with van der Waals surface area (Å²) >= 11 is 0. The average Bonchev–Trinajstić information content (AvgIpc) is 3.12. The molecule has 0 heterocycles. The molecule has 0 radical (unpaired) electrons. The third-order valence-corrected chi connectivity index (χ3v) is 11.6. The minimum absolute atomic E-state index is 0.141. The van der Waals surface area contributed by atoms with Crippen LogP contribution in [-0.2, 0) is 19.1 Å². The zero-order valence-corrected chi connectivity index (χ0v) is 23.9. The first-order valence-electron chi connectivity index (χ1n) is 14.8. The molecule has 0 spiro atoms. The lowest BCUT2D eigenvalue weighted by molar-refractivity contribution is -0.243. The van der Waals surface area contributed by atoms with E-state index in [0.717, 1.165) is 24.2 Å². The van der Waals surface area contributed by atoms with Crippen molar-refractivity contribution in [1.82, 2.24) is 0 Å². The highest BCUT2D eigenvalue weighted by molar-refractivity contribution is 5.66. The van der Waals surface area contributed by atoms with Crippen molar-refractivity contribution in [3.05, 3.63) is 0 Å². The van der Waals surface area contributed by atoms with Gasteiger partial charge in [0, 0.05) is 25.7 Å². The van der Waals surface area contributed by atoms with Gasteiger partial charge in [0.15, 0.2) is 5.67 Å². The fourth-order valence-electron chi connectivity index (χ4n) is 9.87. The first-order chi connectivity index (χ1) is 16.8. The Hall–Kier alpha value is -1.13. The van der Waals surface area contributed by atoms with Crippen molar-refractivity contribution in [2.75, 3.05) is 0 Å². The first-order valence-corrected chi connectivity index (χ1v) is 14.8. The maximum atomic E-state index is 17.3. The quantitative estimate of drug-likeness (QED) is 0.332. The molecular formula is C31H51FO4. The van der Waals surface area contributed by atoms with Crippen LogP contribution in [0.25, 0.3) is 0 Å². The summed E-state index contributed by atoms with van der Waals surface area (Å²) in [6, 6.07) is 0. The summed E-state index contributed by atoms with van der Waals surface area (Å²) in [6.45, 7) is 14.5. The molecule has 4 nitrogen and oxygen atoms in total. The van der Waals surface area contributed by atoms with Gasteiger partial charge in [-0.05, 0) is 85.9 Å². The Labute approximate surface area is 218 Å². The summed E-state index contributed by atoms with van der Waals surface area (Å²) in [5.74, 6) is 2.69. The van der Waals surface area contributed by atoms with E-state index in [4.69, 9.17) is 9.47 Å². The van der Waals surface area contributed by atoms with Crippen molar-refractivity contribution in [2.45, 2.75) is 137 Å². The van der Waals surface area contributed by atoms with Gasteiger partial charge in [-0.25, -0.2) is 4.39 Å². The largest absolute Gasteiger partial charge is 0.462 e. The monoisotopic (exact) mass is 506 g/mol. The number of carbonyl (C=O) groups excluding carboxylic acids is 2. The minimum atomic E-state index is -1.66. The molecule has 206 valence electrons. The molecule has 4 rings (SSSR count). The SMILES string of the molecule is CC(=O)O[C@@H]1CC[C@]2(C)[C@H]3CC[C@]4(C)[C@@H]([C@H](C)CCCC(C)C)CC[C@H]4[C@@H]3C[C@@H](OC(C)=O)[C@@]2(F)C1. The van der Waals surface area contributed by atoms with Crippen LogP contribution in [0, 0.1) is 46.3 Å². The molecule has 5 heteroatoms. The summed E-state index contributed by atoms with van der Waals surface area (Å²) in [5.41, 5.74) is -1.93. The topological polar surface area (TPSA) is 52.6 Å². The second kappa shape index (κ2) is 10.2. The van der Waals surface area contributed by atoms with Crippen molar-refractivity contribution in [3.63, 3.8) is 0 Å². The molecule has 0 amide bonds. The number of alkyl halides is 1. The number of esters is 2. The molecule has 0 bridgehead atoms. The number of halogens is 1. The standard InChI is InChI=1S/C31H51FO4/c1-19(2)9-8-10-20(3)25-11-12-26-24-17-28(36-22(5)34)31(32)18-23(35-21(4)33)13-16-30(31,7)27(24)14-15-29(25,26)6/h19-20,23-28H,8-18H2,1-7H3/t20-,23-,24+,25-,26+,27+,28-,29-,30-,31+/m1/s1. The van der Waals surface area contributed by atoms with Gasteiger partial charge in [-0.3, -0.25) is 9.59 Å². The molecule has 36 heavy (non-hydrogen) atoms. The average molecular weight is 507 g/mol. The van der Waals surface area contributed by atoms with E-state index < -0.39 is 29.3 Å². The van der Waals surface area contributed by atoms with Crippen molar-refractivity contribution >= 4 is 11.9 Å². The highest BCUT2D eigenvalue weighted by Crippen LogP contribution is 2.70. The zero-order chi connectivity index (χ0) is 26.5. The molecule has 0 aromatic heterocycles. The Morgan fingerprint density at radius 2 is 1.61 bits per heavy atom. The van der Waals surface area contributed by atoms with Crippen molar-refractivity contribution in [1.29, 1.82) is 0 Å². The van der Waals surface area contributed by atoms with Gasteiger partial charge in [0.05, 0.1) is 0 Å². The summed E-state index contributed by atoms with van der Waals surface area (Å²) in [7, 11) is 0. The molecule has 4 aliphatic rings. The predicted octanol–water partition coefficient (Wildman–Crippen LogP) is 7.67. The molecule has 4 fully saturated rings. The second-order valence-corrected chi connectivity index (χ2v) is 14.0. The van der Waals surface area contributed by atoms with Crippen LogP contribution in [-0.4, -0.2) is 29.8 Å². The van der Waals surface area contributed by atoms with Crippen LogP contribution in [0.1, 0.15) is 119 Å². The zero-order valence-electron chi connectivity index (χ0n) is 23.9. The Morgan fingerprint density at radius 3 is 2.25 bits per heavy atom. The Morgan fingerprint density at radius 1 is 0.917 bits per heavy atom. The van der Waals surface area contributed by atoms with Crippen molar-refractivity contribution < 1.29 is 23.5 Å². The van der Waals surface area contributed by atoms with Gasteiger partial charge < -0.3 is 9.47 Å². The van der Waals surface area contributed by atoms with Gasteiger partial charge in [-0.1, -0.05) is 53.9 Å². The second-order valence-electron chi connectivity index (χ2n) is 14.0. The van der Waals surface area contributed by atoms with Crippen LogP contribution in [0.15, 0.2) is 0 Å². The molecule has 0 aromatic rings.